The van der Waals surface area contributed by atoms with Crippen molar-refractivity contribution in [2.24, 2.45) is 0 Å². The fraction of sp³-hybridized carbons (Fsp3) is 0.375. The van der Waals surface area contributed by atoms with E-state index in [1.165, 1.54) is 0 Å². The average Bonchev–Trinajstić information content (AvgIpc) is 1.82. The molecule has 0 bridgehead atoms. The fourth-order valence-electron chi connectivity index (χ4n) is 0.320. The third-order valence-electron chi connectivity index (χ3n) is 0.902. The predicted molar refractivity (Wildman–Crippen MR) is 37.9 cm³/mol. The molecule has 0 amide bonds. The topological polar surface area (TPSA) is 17.1 Å². The van der Waals surface area contributed by atoms with Crippen LogP contribution in [0.2, 0.25) is 0 Å². The minimum atomic E-state index is 0.0318. The van der Waals surface area contributed by atoms with Gasteiger partial charge >= 0.3 is 0 Å². The second kappa shape index (κ2) is 3.91. The Labute approximate surface area is 55.8 Å². The molecular weight excluding hydrogens is 112 g/mol. The van der Waals surface area contributed by atoms with Gasteiger partial charge in [0.15, 0.2) is 5.78 Å². The Kier molecular flexibility index (Phi) is 3.46. The van der Waals surface area contributed by atoms with Gasteiger partial charge in [-0.3, -0.25) is 4.79 Å². The lowest BCUT2D eigenvalue weighted by Crippen LogP contribution is -1.94. The van der Waals surface area contributed by atoms with Crippen molar-refractivity contribution in [2.45, 2.75) is 20.3 Å². The molecule has 0 aromatic carbocycles. The van der Waals surface area contributed by atoms with E-state index in [2.05, 4.69) is 18.4 Å². The van der Waals surface area contributed by atoms with Crippen LogP contribution in [0, 0.1) is 11.8 Å². The van der Waals surface area contributed by atoms with E-state index in [9.17, 15) is 4.79 Å². The molecule has 0 aromatic rings. The number of rotatable bonds is 2. The zero-order valence-electron chi connectivity index (χ0n) is 5.82. The smallest absolute Gasteiger partial charge is 0.169 e. The van der Waals surface area contributed by atoms with Crippen LogP contribution in [-0.2, 0) is 4.79 Å². The largest absolute Gasteiger partial charge is 0.294 e. The molecule has 0 saturated heterocycles. The van der Waals surface area contributed by atoms with Gasteiger partial charge in [0.1, 0.15) is 0 Å². The number of carbonyl (C=O) groups excluding carboxylic acids is 1. The number of hydrogen-bond acceptors (Lipinski definition) is 1. The number of carbonyl (C=O) groups is 1. The fourth-order valence-corrected chi connectivity index (χ4v) is 0.320. The Hall–Kier alpha value is -1.03. The maximum atomic E-state index is 10.7. The van der Waals surface area contributed by atoms with Crippen molar-refractivity contribution >= 4 is 5.78 Å². The molecule has 0 N–H and O–H groups in total. The van der Waals surface area contributed by atoms with Gasteiger partial charge in [-0.2, -0.15) is 0 Å². The molecule has 9 heavy (non-hydrogen) atoms. The van der Waals surface area contributed by atoms with Crippen LogP contribution in [0.15, 0.2) is 12.2 Å². The number of allylic oxidation sites excluding steroid dienone is 1. The Bertz CT molecular complexity index is 178. The van der Waals surface area contributed by atoms with Gasteiger partial charge in [-0.05, 0) is 19.4 Å². The van der Waals surface area contributed by atoms with Crippen molar-refractivity contribution in [2.75, 3.05) is 0 Å². The molecule has 48 valence electrons. The zero-order valence-corrected chi connectivity index (χ0v) is 5.82. The quantitative estimate of drug-likeness (QED) is 0.401. The average molecular weight is 122 g/mol. The Morgan fingerprint density at radius 1 is 1.67 bits per heavy atom. The third kappa shape index (κ3) is 3.54. The van der Waals surface area contributed by atoms with Crippen LogP contribution in [-0.4, -0.2) is 5.78 Å². The van der Waals surface area contributed by atoms with E-state index in [1.54, 1.807) is 13.8 Å². The van der Waals surface area contributed by atoms with Crippen LogP contribution in [0.5, 0.6) is 0 Å². The molecule has 0 aliphatic heterocycles. The second-order valence-electron chi connectivity index (χ2n) is 1.81. The first-order chi connectivity index (χ1) is 4.18. The monoisotopic (exact) mass is 122 g/mol. The molecule has 0 aliphatic rings. The molecule has 1 nitrogen and oxygen atoms in total. The van der Waals surface area contributed by atoms with Crippen LogP contribution >= 0.6 is 0 Å². The summed E-state index contributed by atoms with van der Waals surface area (Å²) in [6, 6.07) is 0. The van der Waals surface area contributed by atoms with E-state index in [0.29, 0.717) is 12.0 Å². The van der Waals surface area contributed by atoms with Gasteiger partial charge in [-0.25, -0.2) is 0 Å². The first kappa shape index (κ1) is 7.97. The van der Waals surface area contributed by atoms with E-state index in [0.717, 1.165) is 0 Å². The van der Waals surface area contributed by atoms with Crippen molar-refractivity contribution < 1.29 is 4.79 Å². The van der Waals surface area contributed by atoms with Gasteiger partial charge < -0.3 is 0 Å². The highest BCUT2D eigenvalue weighted by Crippen LogP contribution is 1.92. The van der Waals surface area contributed by atoms with E-state index < -0.39 is 0 Å². The Balaban J connectivity index is 3.74. The molecule has 0 heterocycles. The molecule has 0 atom stereocenters. The van der Waals surface area contributed by atoms with Crippen LogP contribution < -0.4 is 0 Å². The molecule has 0 unspecified atom stereocenters. The van der Waals surface area contributed by atoms with E-state index in [-0.39, 0.29) is 5.78 Å². The normalized spacial score (nSPS) is 7.33. The van der Waals surface area contributed by atoms with Crippen molar-refractivity contribution in [1.82, 2.24) is 0 Å². The van der Waals surface area contributed by atoms with Gasteiger partial charge in [0.2, 0.25) is 0 Å². The molecule has 0 fully saturated rings. The van der Waals surface area contributed by atoms with Gasteiger partial charge in [0, 0.05) is 0 Å². The molecule has 0 spiro atoms. The lowest BCUT2D eigenvalue weighted by Gasteiger charge is -1.88. The Morgan fingerprint density at radius 2 is 2.22 bits per heavy atom. The number of ketones is 1. The molecular formula is C8H10O. The molecule has 0 aliphatic carbocycles. The molecule has 0 aromatic heterocycles. The SMILES string of the molecule is C=C(C)C(=O)CC#CC. The molecule has 0 saturated carbocycles. The van der Waals surface area contributed by atoms with E-state index >= 15 is 0 Å². The van der Waals surface area contributed by atoms with Crippen LogP contribution in [0.1, 0.15) is 20.3 Å². The number of Topliss-reactive ketones (excluding diaryl/α,β-unsaturated/α-hetero) is 1. The van der Waals surface area contributed by atoms with Gasteiger partial charge in [0.25, 0.3) is 0 Å². The summed E-state index contributed by atoms with van der Waals surface area (Å²) in [7, 11) is 0. The first-order valence-electron chi connectivity index (χ1n) is 2.76. The summed E-state index contributed by atoms with van der Waals surface area (Å²) < 4.78 is 0. The van der Waals surface area contributed by atoms with Crippen molar-refractivity contribution in [3.05, 3.63) is 12.2 Å². The summed E-state index contributed by atoms with van der Waals surface area (Å²) in [5, 5.41) is 0. The summed E-state index contributed by atoms with van der Waals surface area (Å²) >= 11 is 0. The van der Waals surface area contributed by atoms with Crippen LogP contribution in [0.25, 0.3) is 0 Å². The molecule has 1 heteroatoms. The predicted octanol–water partition coefficient (Wildman–Crippen LogP) is 1.54. The summed E-state index contributed by atoms with van der Waals surface area (Å²) in [5.41, 5.74) is 0.581. The van der Waals surface area contributed by atoms with Gasteiger partial charge in [0.05, 0.1) is 6.42 Å². The minimum Gasteiger partial charge on any atom is -0.294 e. The third-order valence-corrected chi connectivity index (χ3v) is 0.902. The number of hydrogen-bond donors (Lipinski definition) is 0. The summed E-state index contributed by atoms with van der Waals surface area (Å²) in [4.78, 5) is 10.7. The van der Waals surface area contributed by atoms with Crippen molar-refractivity contribution in [3.63, 3.8) is 0 Å². The molecule has 0 radical (unpaired) electrons. The van der Waals surface area contributed by atoms with E-state index in [1.807, 2.05) is 0 Å². The first-order valence-corrected chi connectivity index (χ1v) is 2.76. The summed E-state index contributed by atoms with van der Waals surface area (Å²) in [6.07, 6.45) is 0.311. The highest BCUT2D eigenvalue weighted by atomic mass is 16.1. The van der Waals surface area contributed by atoms with Crippen molar-refractivity contribution in [3.8, 4) is 11.8 Å². The van der Waals surface area contributed by atoms with E-state index in [4.69, 9.17) is 0 Å². The minimum absolute atomic E-state index is 0.0318. The highest BCUT2D eigenvalue weighted by Gasteiger charge is 1.96. The lowest BCUT2D eigenvalue weighted by atomic mass is 10.2. The summed E-state index contributed by atoms with van der Waals surface area (Å²) in [6.45, 7) is 6.90. The van der Waals surface area contributed by atoms with Crippen LogP contribution in [0.3, 0.4) is 0 Å². The zero-order chi connectivity index (χ0) is 7.28. The van der Waals surface area contributed by atoms with Gasteiger partial charge in [-0.15, -0.1) is 5.92 Å². The maximum absolute atomic E-state index is 10.7. The lowest BCUT2D eigenvalue weighted by molar-refractivity contribution is -0.114. The highest BCUT2D eigenvalue weighted by molar-refractivity contribution is 5.95. The summed E-state index contributed by atoms with van der Waals surface area (Å²) in [5.74, 6) is 5.34. The van der Waals surface area contributed by atoms with Crippen molar-refractivity contribution in [1.29, 1.82) is 0 Å². The standard InChI is InChI=1S/C8H10O/c1-4-5-6-8(9)7(2)3/h2,6H2,1,3H3. The Morgan fingerprint density at radius 3 is 2.56 bits per heavy atom. The van der Waals surface area contributed by atoms with Gasteiger partial charge in [-0.1, -0.05) is 12.5 Å². The van der Waals surface area contributed by atoms with Crippen LogP contribution in [0.4, 0.5) is 0 Å². The maximum Gasteiger partial charge on any atom is 0.169 e. The second-order valence-corrected chi connectivity index (χ2v) is 1.81. The molecule has 0 rings (SSSR count).